The van der Waals surface area contributed by atoms with Crippen LogP contribution in [0.15, 0.2) is 34.8 Å². The van der Waals surface area contributed by atoms with Crippen molar-refractivity contribution < 1.29 is 4.74 Å². The van der Waals surface area contributed by atoms with Gasteiger partial charge in [0, 0.05) is 16.2 Å². The molecule has 0 amide bonds. The van der Waals surface area contributed by atoms with Gasteiger partial charge in [-0.15, -0.1) is 0 Å². The molecule has 0 radical (unpaired) electrons. The van der Waals surface area contributed by atoms with Gasteiger partial charge in [0.15, 0.2) is 0 Å². The molecule has 0 fully saturated rings. The lowest BCUT2D eigenvalue weighted by atomic mass is 10.2. The van der Waals surface area contributed by atoms with Crippen LogP contribution in [0.1, 0.15) is 11.3 Å². The molecule has 0 aliphatic rings. The molecule has 1 aromatic heterocycles. The van der Waals surface area contributed by atoms with Gasteiger partial charge in [0.1, 0.15) is 17.6 Å². The van der Waals surface area contributed by atoms with Crippen molar-refractivity contribution in [1.29, 1.82) is 5.26 Å². The summed E-state index contributed by atoms with van der Waals surface area (Å²) in [5.41, 5.74) is 2.15. The topological polar surface area (TPSA) is 57.9 Å². The third kappa shape index (κ3) is 3.04. The molecule has 0 unspecified atom stereocenters. The van der Waals surface area contributed by atoms with Crippen molar-refractivity contribution in [3.05, 3.63) is 46.1 Å². The Morgan fingerprint density at radius 1 is 1.32 bits per heavy atom. The molecule has 0 atom stereocenters. The Balaban J connectivity index is 2.41. The van der Waals surface area contributed by atoms with Gasteiger partial charge in [0.05, 0.1) is 18.4 Å². The van der Waals surface area contributed by atoms with E-state index in [0.717, 1.165) is 21.6 Å². The lowest BCUT2D eigenvalue weighted by molar-refractivity contribution is 0.415. The van der Waals surface area contributed by atoms with Gasteiger partial charge >= 0.3 is 0 Å². The summed E-state index contributed by atoms with van der Waals surface area (Å²) in [6.45, 7) is 1.88. The van der Waals surface area contributed by atoms with Crippen molar-refractivity contribution in [2.24, 2.45) is 0 Å². The van der Waals surface area contributed by atoms with E-state index in [9.17, 15) is 0 Å². The summed E-state index contributed by atoms with van der Waals surface area (Å²) in [6, 6.07) is 11.2. The van der Waals surface area contributed by atoms with Crippen LogP contribution in [-0.4, -0.2) is 12.1 Å². The second kappa shape index (κ2) is 5.72. The number of aryl methyl sites for hydroxylation is 1. The third-order valence-corrected chi connectivity index (χ3v) is 3.27. The van der Waals surface area contributed by atoms with Crippen LogP contribution < -0.4 is 10.1 Å². The maximum Gasteiger partial charge on any atom is 0.148 e. The number of benzene rings is 1. The minimum atomic E-state index is 0.500. The van der Waals surface area contributed by atoms with E-state index in [0.29, 0.717) is 11.4 Å². The molecule has 0 saturated carbocycles. The SMILES string of the molecule is COc1ccc(Br)c(Nc2nc(C)ccc2C#N)c1. The fraction of sp³-hybridized carbons (Fsp3) is 0.143. The molecule has 1 aromatic carbocycles. The van der Waals surface area contributed by atoms with Gasteiger partial charge in [-0.25, -0.2) is 4.98 Å². The molecule has 5 heteroatoms. The van der Waals surface area contributed by atoms with Crippen LogP contribution in [0.4, 0.5) is 11.5 Å². The minimum absolute atomic E-state index is 0.500. The molecule has 1 heterocycles. The quantitative estimate of drug-likeness (QED) is 0.936. The number of halogens is 1. The first-order valence-electron chi connectivity index (χ1n) is 5.62. The molecule has 0 saturated heterocycles. The second-order valence-electron chi connectivity index (χ2n) is 3.93. The van der Waals surface area contributed by atoms with Crippen LogP contribution in [-0.2, 0) is 0 Å². The van der Waals surface area contributed by atoms with Crippen LogP contribution in [0, 0.1) is 18.3 Å². The smallest absolute Gasteiger partial charge is 0.148 e. The highest BCUT2D eigenvalue weighted by Gasteiger charge is 2.08. The third-order valence-electron chi connectivity index (χ3n) is 2.58. The van der Waals surface area contributed by atoms with E-state index in [1.54, 1.807) is 13.2 Å². The van der Waals surface area contributed by atoms with Gasteiger partial charge in [0.2, 0.25) is 0 Å². The number of nitriles is 1. The van der Waals surface area contributed by atoms with Crippen LogP contribution in [0.2, 0.25) is 0 Å². The minimum Gasteiger partial charge on any atom is -0.497 e. The zero-order valence-corrected chi connectivity index (χ0v) is 12.2. The lowest BCUT2D eigenvalue weighted by Gasteiger charge is -2.11. The maximum atomic E-state index is 9.09. The van der Waals surface area contributed by atoms with E-state index < -0.39 is 0 Å². The number of hydrogen-bond acceptors (Lipinski definition) is 4. The van der Waals surface area contributed by atoms with Crippen LogP contribution in [0.5, 0.6) is 5.75 Å². The lowest BCUT2D eigenvalue weighted by Crippen LogP contribution is -1.99. The van der Waals surface area contributed by atoms with Crippen molar-refractivity contribution in [2.75, 3.05) is 12.4 Å². The summed E-state index contributed by atoms with van der Waals surface area (Å²) < 4.78 is 6.06. The molecule has 2 rings (SSSR count). The van der Waals surface area contributed by atoms with Gasteiger partial charge in [-0.2, -0.15) is 5.26 Å². The first-order chi connectivity index (χ1) is 9.13. The molecular weight excluding hydrogens is 306 g/mol. The highest BCUT2D eigenvalue weighted by molar-refractivity contribution is 9.10. The van der Waals surface area contributed by atoms with E-state index in [-0.39, 0.29) is 0 Å². The summed E-state index contributed by atoms with van der Waals surface area (Å²) >= 11 is 3.45. The summed E-state index contributed by atoms with van der Waals surface area (Å²) in [5.74, 6) is 1.27. The fourth-order valence-electron chi connectivity index (χ4n) is 1.60. The first kappa shape index (κ1) is 13.4. The fourth-order valence-corrected chi connectivity index (χ4v) is 1.94. The van der Waals surface area contributed by atoms with E-state index in [1.165, 1.54) is 0 Å². The van der Waals surface area contributed by atoms with Gasteiger partial charge in [-0.1, -0.05) is 0 Å². The predicted molar refractivity (Wildman–Crippen MR) is 77.7 cm³/mol. The number of rotatable bonds is 3. The number of ether oxygens (including phenoxy) is 1. The van der Waals surface area contributed by atoms with Gasteiger partial charge in [0.25, 0.3) is 0 Å². The molecular formula is C14H12BrN3O. The van der Waals surface area contributed by atoms with Crippen molar-refractivity contribution in [1.82, 2.24) is 4.98 Å². The number of pyridine rings is 1. The average molecular weight is 318 g/mol. The summed E-state index contributed by atoms with van der Waals surface area (Å²) in [7, 11) is 1.61. The summed E-state index contributed by atoms with van der Waals surface area (Å²) in [6.07, 6.45) is 0. The van der Waals surface area contributed by atoms with Gasteiger partial charge in [-0.05, 0) is 47.1 Å². The van der Waals surface area contributed by atoms with Gasteiger partial charge < -0.3 is 10.1 Å². The Bertz CT molecular complexity index is 650. The molecule has 2 aromatic rings. The van der Waals surface area contributed by atoms with Crippen molar-refractivity contribution in [3.8, 4) is 11.8 Å². The van der Waals surface area contributed by atoms with Crippen molar-refractivity contribution in [3.63, 3.8) is 0 Å². The Hall–Kier alpha value is -2.06. The number of aromatic nitrogens is 1. The second-order valence-corrected chi connectivity index (χ2v) is 4.79. The van der Waals surface area contributed by atoms with E-state index >= 15 is 0 Å². The van der Waals surface area contributed by atoms with E-state index in [4.69, 9.17) is 10.00 Å². The molecule has 4 nitrogen and oxygen atoms in total. The van der Waals surface area contributed by atoms with E-state index in [2.05, 4.69) is 32.3 Å². The normalized spacial score (nSPS) is 9.79. The first-order valence-corrected chi connectivity index (χ1v) is 6.41. The predicted octanol–water partition coefficient (Wildman–Crippen LogP) is 3.78. The average Bonchev–Trinajstić information content (AvgIpc) is 2.41. The molecule has 1 N–H and O–H groups in total. The summed E-state index contributed by atoms with van der Waals surface area (Å²) in [5, 5.41) is 12.2. The molecule has 0 aliphatic carbocycles. The van der Waals surface area contributed by atoms with Crippen molar-refractivity contribution >= 4 is 27.4 Å². The Morgan fingerprint density at radius 2 is 2.11 bits per heavy atom. The van der Waals surface area contributed by atoms with Gasteiger partial charge in [-0.3, -0.25) is 0 Å². The highest BCUT2D eigenvalue weighted by Crippen LogP contribution is 2.30. The Labute approximate surface area is 120 Å². The van der Waals surface area contributed by atoms with Crippen LogP contribution >= 0.6 is 15.9 Å². The number of nitrogens with one attached hydrogen (secondary N) is 1. The summed E-state index contributed by atoms with van der Waals surface area (Å²) in [4.78, 5) is 4.34. The molecule has 0 bridgehead atoms. The van der Waals surface area contributed by atoms with Crippen LogP contribution in [0.25, 0.3) is 0 Å². The van der Waals surface area contributed by atoms with Crippen LogP contribution in [0.3, 0.4) is 0 Å². The largest absolute Gasteiger partial charge is 0.497 e. The number of hydrogen-bond donors (Lipinski definition) is 1. The number of anilines is 2. The highest BCUT2D eigenvalue weighted by atomic mass is 79.9. The molecule has 96 valence electrons. The molecule has 0 aliphatic heterocycles. The zero-order valence-electron chi connectivity index (χ0n) is 10.6. The Morgan fingerprint density at radius 3 is 2.79 bits per heavy atom. The number of methoxy groups -OCH3 is 1. The Kier molecular flexibility index (Phi) is 4.03. The number of nitrogens with zero attached hydrogens (tertiary/aromatic N) is 2. The molecule has 19 heavy (non-hydrogen) atoms. The zero-order chi connectivity index (χ0) is 13.8. The van der Waals surface area contributed by atoms with Crippen molar-refractivity contribution in [2.45, 2.75) is 6.92 Å². The monoisotopic (exact) mass is 317 g/mol. The van der Waals surface area contributed by atoms with E-state index in [1.807, 2.05) is 31.2 Å². The molecule has 0 spiro atoms. The standard InChI is InChI=1S/C14H12BrN3O/c1-9-3-4-10(8-16)14(17-9)18-13-7-11(19-2)5-6-12(13)15/h3-7H,1-2H3,(H,17,18). The maximum absolute atomic E-state index is 9.09.